The molecule has 0 saturated heterocycles. The summed E-state index contributed by atoms with van der Waals surface area (Å²) in [5, 5.41) is 2.77. The standard InChI is InChI=1S/C13H14N4O2/c1-7(2)10-11(9-5-4-8(3)19-9)16-13-14-6-15-17(13)12(10)18/h4-7H,1-3H3,(H,14,15,16). The Morgan fingerprint density at radius 2 is 2.16 bits per heavy atom. The van der Waals surface area contributed by atoms with E-state index < -0.39 is 0 Å². The van der Waals surface area contributed by atoms with Crippen LogP contribution in [0.15, 0.2) is 27.7 Å². The normalized spacial score (nSPS) is 11.6. The Kier molecular flexibility index (Phi) is 2.51. The molecule has 3 rings (SSSR count). The van der Waals surface area contributed by atoms with Gasteiger partial charge in [-0.25, -0.2) is 9.97 Å². The minimum atomic E-state index is -0.137. The first-order valence-electron chi connectivity index (χ1n) is 6.10. The molecule has 0 aliphatic rings. The quantitative estimate of drug-likeness (QED) is 0.763. The van der Waals surface area contributed by atoms with Crippen LogP contribution in [0.25, 0.3) is 17.2 Å². The van der Waals surface area contributed by atoms with Crippen LogP contribution < -0.4 is 5.56 Å². The number of nitrogens with zero attached hydrogens (tertiary/aromatic N) is 3. The Balaban J connectivity index is 2.39. The fourth-order valence-corrected chi connectivity index (χ4v) is 2.14. The topological polar surface area (TPSA) is 76.2 Å². The number of fused-ring (bicyclic) bond motifs is 1. The van der Waals surface area contributed by atoms with Crippen molar-refractivity contribution in [2.75, 3.05) is 0 Å². The third kappa shape index (κ3) is 1.76. The average molecular weight is 258 g/mol. The molecule has 6 nitrogen and oxygen atoms in total. The van der Waals surface area contributed by atoms with Gasteiger partial charge in [0.2, 0.25) is 0 Å². The largest absolute Gasteiger partial charge is 0.460 e. The molecule has 0 fully saturated rings. The molecule has 3 heterocycles. The van der Waals surface area contributed by atoms with Gasteiger partial charge in [-0.15, -0.1) is 0 Å². The van der Waals surface area contributed by atoms with Crippen molar-refractivity contribution in [2.45, 2.75) is 26.7 Å². The van der Waals surface area contributed by atoms with Gasteiger partial charge < -0.3 is 4.42 Å². The molecule has 0 aromatic carbocycles. The highest BCUT2D eigenvalue weighted by Gasteiger charge is 2.20. The molecule has 19 heavy (non-hydrogen) atoms. The first-order chi connectivity index (χ1) is 9.08. The zero-order valence-corrected chi connectivity index (χ0v) is 11.0. The monoisotopic (exact) mass is 258 g/mol. The van der Waals surface area contributed by atoms with Crippen LogP contribution in [0.3, 0.4) is 0 Å². The summed E-state index contributed by atoms with van der Waals surface area (Å²) >= 11 is 0. The molecule has 6 heteroatoms. The maximum absolute atomic E-state index is 12.4. The van der Waals surface area contributed by atoms with Crippen molar-refractivity contribution in [3.8, 4) is 11.5 Å². The molecule has 3 aromatic rings. The van der Waals surface area contributed by atoms with E-state index in [0.717, 1.165) is 5.76 Å². The second kappa shape index (κ2) is 4.08. The van der Waals surface area contributed by atoms with Gasteiger partial charge in [-0.1, -0.05) is 13.8 Å². The minimum absolute atomic E-state index is 0.0422. The van der Waals surface area contributed by atoms with Crippen molar-refractivity contribution in [2.24, 2.45) is 0 Å². The Bertz CT molecular complexity index is 794. The molecule has 0 atom stereocenters. The average Bonchev–Trinajstić information content (AvgIpc) is 2.96. The summed E-state index contributed by atoms with van der Waals surface area (Å²) in [4.78, 5) is 20.9. The number of furan rings is 1. The van der Waals surface area contributed by atoms with E-state index in [-0.39, 0.29) is 11.5 Å². The molecule has 0 aliphatic heterocycles. The van der Waals surface area contributed by atoms with E-state index in [2.05, 4.69) is 15.1 Å². The van der Waals surface area contributed by atoms with Gasteiger partial charge in [-0.05, 0) is 25.0 Å². The van der Waals surface area contributed by atoms with Crippen molar-refractivity contribution in [1.29, 1.82) is 0 Å². The third-order valence-corrected chi connectivity index (χ3v) is 3.02. The summed E-state index contributed by atoms with van der Waals surface area (Å²) in [6.07, 6.45) is 1.45. The van der Waals surface area contributed by atoms with Gasteiger partial charge in [0.25, 0.3) is 11.3 Å². The van der Waals surface area contributed by atoms with Crippen LogP contribution in [0.2, 0.25) is 0 Å². The Morgan fingerprint density at radius 3 is 2.79 bits per heavy atom. The van der Waals surface area contributed by atoms with E-state index in [9.17, 15) is 4.79 Å². The van der Waals surface area contributed by atoms with E-state index in [4.69, 9.17) is 4.42 Å². The van der Waals surface area contributed by atoms with Crippen molar-refractivity contribution < 1.29 is 4.42 Å². The summed E-state index contributed by atoms with van der Waals surface area (Å²) in [5.41, 5.74) is 1.05. The lowest BCUT2D eigenvalue weighted by atomic mass is 10.0. The molecule has 0 saturated carbocycles. The van der Waals surface area contributed by atoms with Gasteiger partial charge in [-0.3, -0.25) is 9.89 Å². The number of hydrogen-bond acceptors (Lipinski definition) is 4. The maximum Gasteiger partial charge on any atom is 0.278 e. The Labute approximate surface area is 109 Å². The third-order valence-electron chi connectivity index (χ3n) is 3.02. The summed E-state index contributed by atoms with van der Waals surface area (Å²) in [6.45, 7) is 5.78. The molecule has 0 aliphatic carbocycles. The highest BCUT2D eigenvalue weighted by Crippen LogP contribution is 2.26. The second-order valence-corrected chi connectivity index (χ2v) is 4.77. The Hall–Kier alpha value is -2.37. The van der Waals surface area contributed by atoms with Crippen LogP contribution in [0.1, 0.15) is 31.1 Å². The van der Waals surface area contributed by atoms with Crippen LogP contribution in [0.4, 0.5) is 0 Å². The molecule has 0 spiro atoms. The zero-order chi connectivity index (χ0) is 13.6. The van der Waals surface area contributed by atoms with Gasteiger partial charge in [0.1, 0.15) is 17.8 Å². The number of aromatic amines is 1. The number of rotatable bonds is 2. The smallest absolute Gasteiger partial charge is 0.278 e. The lowest BCUT2D eigenvalue weighted by Crippen LogP contribution is -2.22. The second-order valence-electron chi connectivity index (χ2n) is 4.77. The van der Waals surface area contributed by atoms with E-state index in [1.807, 2.05) is 32.9 Å². The van der Waals surface area contributed by atoms with Gasteiger partial charge in [0, 0.05) is 0 Å². The van der Waals surface area contributed by atoms with Crippen LogP contribution in [-0.2, 0) is 0 Å². The number of nitrogens with one attached hydrogen (secondary N) is 1. The van der Waals surface area contributed by atoms with Gasteiger partial charge in [-0.2, -0.15) is 4.52 Å². The summed E-state index contributed by atoms with van der Waals surface area (Å²) in [6, 6.07) is 3.68. The molecule has 0 amide bonds. The molecular weight excluding hydrogens is 244 g/mol. The van der Waals surface area contributed by atoms with Crippen molar-refractivity contribution in [1.82, 2.24) is 19.6 Å². The summed E-state index contributed by atoms with van der Waals surface area (Å²) in [7, 11) is 0. The summed E-state index contributed by atoms with van der Waals surface area (Å²) in [5.74, 6) is 1.77. The SMILES string of the molecule is Cc1ccc(-c2nc3nc[nH]n3c(=O)c2C(C)C)o1. The van der Waals surface area contributed by atoms with E-state index in [1.165, 1.54) is 10.8 Å². The molecule has 3 aromatic heterocycles. The number of aryl methyl sites for hydroxylation is 1. The lowest BCUT2D eigenvalue weighted by Gasteiger charge is -2.09. The van der Waals surface area contributed by atoms with Gasteiger partial charge in [0.05, 0.1) is 5.56 Å². The van der Waals surface area contributed by atoms with E-state index in [1.54, 1.807) is 0 Å². The minimum Gasteiger partial charge on any atom is -0.460 e. The van der Waals surface area contributed by atoms with Crippen LogP contribution in [0.5, 0.6) is 0 Å². The molecule has 0 unspecified atom stereocenters. The fourth-order valence-electron chi connectivity index (χ4n) is 2.14. The van der Waals surface area contributed by atoms with E-state index in [0.29, 0.717) is 22.8 Å². The van der Waals surface area contributed by atoms with Crippen LogP contribution in [-0.4, -0.2) is 19.6 Å². The van der Waals surface area contributed by atoms with Crippen molar-refractivity contribution in [3.63, 3.8) is 0 Å². The fraction of sp³-hybridized carbons (Fsp3) is 0.308. The number of aromatic nitrogens is 4. The molecule has 98 valence electrons. The first kappa shape index (κ1) is 11.7. The lowest BCUT2D eigenvalue weighted by molar-refractivity contribution is 0.544. The number of H-pyrrole nitrogens is 1. The molecule has 0 bridgehead atoms. The van der Waals surface area contributed by atoms with Crippen molar-refractivity contribution in [3.05, 3.63) is 40.1 Å². The molecule has 1 N–H and O–H groups in total. The maximum atomic E-state index is 12.4. The highest BCUT2D eigenvalue weighted by molar-refractivity contribution is 5.60. The predicted octanol–water partition coefficient (Wildman–Crippen LogP) is 2.11. The summed E-state index contributed by atoms with van der Waals surface area (Å²) < 4.78 is 6.93. The van der Waals surface area contributed by atoms with Crippen molar-refractivity contribution >= 4 is 5.78 Å². The first-order valence-corrected chi connectivity index (χ1v) is 6.10. The zero-order valence-electron chi connectivity index (χ0n) is 11.0. The molecular formula is C13H14N4O2. The van der Waals surface area contributed by atoms with Gasteiger partial charge in [0.15, 0.2) is 5.76 Å². The van der Waals surface area contributed by atoms with E-state index >= 15 is 0 Å². The Morgan fingerprint density at radius 1 is 1.37 bits per heavy atom. The van der Waals surface area contributed by atoms with Crippen LogP contribution >= 0.6 is 0 Å². The molecule has 0 radical (unpaired) electrons. The number of hydrogen-bond donors (Lipinski definition) is 1. The predicted molar refractivity (Wildman–Crippen MR) is 70.1 cm³/mol. The van der Waals surface area contributed by atoms with Crippen LogP contribution in [0, 0.1) is 6.92 Å². The van der Waals surface area contributed by atoms with Gasteiger partial charge >= 0.3 is 0 Å². The highest BCUT2D eigenvalue weighted by atomic mass is 16.3.